The van der Waals surface area contributed by atoms with Gasteiger partial charge in [-0.05, 0) is 44.9 Å². The zero-order valence-corrected chi connectivity index (χ0v) is 22.2. The van der Waals surface area contributed by atoms with Gasteiger partial charge in [0, 0.05) is 55.0 Å². The summed E-state index contributed by atoms with van der Waals surface area (Å²) in [4.78, 5) is 11.4. The fourth-order valence-electron chi connectivity index (χ4n) is 3.88. The minimum Gasteiger partial charge on any atom is -0.357 e. The first kappa shape index (κ1) is 25.7. The Kier molecular flexibility index (Phi) is 10.7. The van der Waals surface area contributed by atoms with E-state index in [-0.39, 0.29) is 24.0 Å². The van der Waals surface area contributed by atoms with Crippen LogP contribution in [0.4, 0.5) is 0 Å². The van der Waals surface area contributed by atoms with Crippen molar-refractivity contribution in [2.24, 2.45) is 10.9 Å². The van der Waals surface area contributed by atoms with Crippen molar-refractivity contribution < 1.29 is 0 Å². The number of guanidine groups is 1. The largest absolute Gasteiger partial charge is 0.357 e. The van der Waals surface area contributed by atoms with Gasteiger partial charge in [-0.1, -0.05) is 32.0 Å². The van der Waals surface area contributed by atoms with Crippen LogP contribution in [0.1, 0.15) is 33.6 Å². The standard InChI is InChI=1S/C23H39N5S.HI/c1-5-24-22(25-17-21(19(2)3)28-15-13-27(4)14-16-28)26-18-23(11-12-23)29-20-9-7-6-8-10-20;/h6-10,19,21H,5,11-18H2,1-4H3,(H2,24,25,26);1H. The average Bonchev–Trinajstić information content (AvgIpc) is 3.47. The number of nitrogens with one attached hydrogen (secondary N) is 2. The van der Waals surface area contributed by atoms with Gasteiger partial charge in [0.2, 0.25) is 0 Å². The molecule has 0 radical (unpaired) electrons. The molecular formula is C23H40IN5S. The third-order valence-corrected chi connectivity index (χ3v) is 7.49. The number of aliphatic imine (C=N–C) groups is 1. The fraction of sp³-hybridized carbons (Fsp3) is 0.696. The van der Waals surface area contributed by atoms with Gasteiger partial charge in [-0.2, -0.15) is 0 Å². The van der Waals surface area contributed by atoms with Crippen molar-refractivity contribution in [3.63, 3.8) is 0 Å². The number of rotatable bonds is 9. The fourth-order valence-corrected chi connectivity index (χ4v) is 5.11. The topological polar surface area (TPSA) is 42.9 Å². The summed E-state index contributed by atoms with van der Waals surface area (Å²) in [5.41, 5.74) is 0. The Hall–Kier alpha value is -0.510. The van der Waals surface area contributed by atoms with E-state index in [1.807, 2.05) is 11.8 Å². The molecule has 2 fully saturated rings. The van der Waals surface area contributed by atoms with E-state index in [9.17, 15) is 0 Å². The smallest absolute Gasteiger partial charge is 0.191 e. The molecule has 2 N–H and O–H groups in total. The molecule has 0 aromatic heterocycles. The lowest BCUT2D eigenvalue weighted by Gasteiger charge is -2.40. The highest BCUT2D eigenvalue weighted by Crippen LogP contribution is 2.51. The van der Waals surface area contributed by atoms with E-state index < -0.39 is 0 Å². The quantitative estimate of drug-likeness (QED) is 0.281. The maximum Gasteiger partial charge on any atom is 0.191 e. The van der Waals surface area contributed by atoms with Gasteiger partial charge in [0.05, 0.1) is 6.54 Å². The highest BCUT2D eigenvalue weighted by atomic mass is 127. The molecule has 0 bridgehead atoms. The lowest BCUT2D eigenvalue weighted by molar-refractivity contribution is 0.0900. The highest BCUT2D eigenvalue weighted by molar-refractivity contribution is 14.0. The van der Waals surface area contributed by atoms with Crippen LogP contribution in [-0.4, -0.2) is 79.4 Å². The van der Waals surface area contributed by atoms with Gasteiger partial charge in [0.15, 0.2) is 5.96 Å². The molecular weight excluding hydrogens is 505 g/mol. The Bertz CT molecular complexity index is 642. The van der Waals surface area contributed by atoms with E-state index in [1.54, 1.807) is 0 Å². The van der Waals surface area contributed by atoms with Gasteiger partial charge < -0.3 is 15.5 Å². The molecule has 1 saturated heterocycles. The van der Waals surface area contributed by atoms with Crippen molar-refractivity contribution in [1.29, 1.82) is 0 Å². The Morgan fingerprint density at radius 1 is 1.10 bits per heavy atom. The zero-order valence-electron chi connectivity index (χ0n) is 19.1. The van der Waals surface area contributed by atoms with Gasteiger partial charge in [0.1, 0.15) is 0 Å². The van der Waals surface area contributed by atoms with Crippen LogP contribution in [0.5, 0.6) is 0 Å². The molecule has 2 aliphatic rings. The maximum absolute atomic E-state index is 4.98. The maximum atomic E-state index is 4.98. The summed E-state index contributed by atoms with van der Waals surface area (Å²) >= 11 is 1.99. The van der Waals surface area contributed by atoms with Crippen molar-refractivity contribution in [3.05, 3.63) is 30.3 Å². The minimum absolute atomic E-state index is 0. The summed E-state index contributed by atoms with van der Waals surface area (Å²) in [6.07, 6.45) is 2.51. The number of nitrogens with zero attached hydrogens (tertiary/aromatic N) is 3. The normalized spacial score (nSPS) is 20.5. The van der Waals surface area contributed by atoms with Crippen LogP contribution in [0.3, 0.4) is 0 Å². The second kappa shape index (κ2) is 12.5. The van der Waals surface area contributed by atoms with Gasteiger partial charge in [-0.15, -0.1) is 35.7 Å². The van der Waals surface area contributed by atoms with Crippen molar-refractivity contribution in [3.8, 4) is 0 Å². The molecule has 1 aromatic rings. The summed E-state index contributed by atoms with van der Waals surface area (Å²) in [7, 11) is 2.22. The van der Waals surface area contributed by atoms with Crippen LogP contribution in [0.25, 0.3) is 0 Å². The van der Waals surface area contributed by atoms with E-state index >= 15 is 0 Å². The first-order chi connectivity index (χ1) is 14.0. The summed E-state index contributed by atoms with van der Waals surface area (Å²) < 4.78 is 0.290. The Morgan fingerprint density at radius 2 is 1.77 bits per heavy atom. The number of likely N-dealkylation sites (N-methyl/N-ethyl adjacent to an activating group) is 1. The molecule has 1 atom stereocenters. The second-order valence-electron chi connectivity index (χ2n) is 8.82. The molecule has 1 aliphatic carbocycles. The van der Waals surface area contributed by atoms with Crippen molar-refractivity contribution >= 4 is 41.7 Å². The first-order valence-electron chi connectivity index (χ1n) is 11.2. The van der Waals surface area contributed by atoms with E-state index in [4.69, 9.17) is 4.99 Å². The molecule has 1 heterocycles. The van der Waals surface area contributed by atoms with Crippen molar-refractivity contribution in [1.82, 2.24) is 20.4 Å². The molecule has 30 heavy (non-hydrogen) atoms. The van der Waals surface area contributed by atoms with Crippen molar-refractivity contribution in [2.75, 3.05) is 52.9 Å². The predicted octanol–water partition coefficient (Wildman–Crippen LogP) is 3.76. The molecule has 1 aliphatic heterocycles. The summed E-state index contributed by atoms with van der Waals surface area (Å²) in [6, 6.07) is 11.3. The van der Waals surface area contributed by atoms with E-state index in [1.165, 1.54) is 17.7 Å². The Balaban J connectivity index is 0.00000320. The van der Waals surface area contributed by atoms with Crippen molar-refractivity contribution in [2.45, 2.75) is 49.3 Å². The summed E-state index contributed by atoms with van der Waals surface area (Å²) in [6.45, 7) is 14.2. The Morgan fingerprint density at radius 3 is 2.33 bits per heavy atom. The molecule has 3 rings (SSSR count). The molecule has 5 nitrogen and oxygen atoms in total. The number of halogens is 1. The number of piperazine rings is 1. The molecule has 1 aromatic carbocycles. The number of thioether (sulfide) groups is 1. The molecule has 0 amide bonds. The predicted molar refractivity (Wildman–Crippen MR) is 141 cm³/mol. The molecule has 0 spiro atoms. The Labute approximate surface area is 204 Å². The molecule has 1 saturated carbocycles. The van der Waals surface area contributed by atoms with Crippen LogP contribution in [0.15, 0.2) is 40.2 Å². The van der Waals surface area contributed by atoms with Crippen LogP contribution in [-0.2, 0) is 0 Å². The number of benzene rings is 1. The molecule has 1 unspecified atom stereocenters. The average molecular weight is 546 g/mol. The summed E-state index contributed by atoms with van der Waals surface area (Å²) in [5.74, 6) is 1.59. The van der Waals surface area contributed by atoms with Crippen LogP contribution in [0.2, 0.25) is 0 Å². The van der Waals surface area contributed by atoms with Crippen LogP contribution < -0.4 is 10.6 Å². The molecule has 170 valence electrons. The third kappa shape index (κ3) is 7.88. The van der Waals surface area contributed by atoms with Gasteiger partial charge in [0.25, 0.3) is 0 Å². The zero-order chi connectivity index (χ0) is 20.7. The minimum atomic E-state index is 0. The number of hydrogen-bond acceptors (Lipinski definition) is 4. The lowest BCUT2D eigenvalue weighted by atomic mass is 10.0. The third-order valence-electron chi connectivity index (χ3n) is 6.01. The van der Waals surface area contributed by atoms with E-state index in [0.717, 1.165) is 51.8 Å². The lowest BCUT2D eigenvalue weighted by Crippen LogP contribution is -2.55. The van der Waals surface area contributed by atoms with Gasteiger partial charge >= 0.3 is 0 Å². The summed E-state index contributed by atoms with van der Waals surface area (Å²) in [5, 5.41) is 7.10. The first-order valence-corrected chi connectivity index (χ1v) is 12.0. The SMILES string of the molecule is CCNC(=NCC1(Sc2ccccc2)CC1)NCC(C(C)C)N1CCN(C)CC1.I. The monoisotopic (exact) mass is 545 g/mol. The second-order valence-corrected chi connectivity index (χ2v) is 10.4. The molecule has 7 heteroatoms. The van der Waals surface area contributed by atoms with Crippen LogP contribution >= 0.6 is 35.7 Å². The highest BCUT2D eigenvalue weighted by Gasteiger charge is 2.43. The van der Waals surface area contributed by atoms with E-state index in [0.29, 0.717) is 16.7 Å². The van der Waals surface area contributed by atoms with Crippen LogP contribution in [0, 0.1) is 5.92 Å². The van der Waals surface area contributed by atoms with E-state index in [2.05, 4.69) is 78.6 Å². The van der Waals surface area contributed by atoms with Gasteiger partial charge in [-0.3, -0.25) is 9.89 Å². The number of hydrogen-bond donors (Lipinski definition) is 2. The van der Waals surface area contributed by atoms with Gasteiger partial charge in [-0.25, -0.2) is 0 Å².